The van der Waals surface area contributed by atoms with Crippen molar-refractivity contribution < 1.29 is 28.6 Å². The van der Waals surface area contributed by atoms with Gasteiger partial charge in [-0.25, -0.2) is 0 Å². The largest absolute Gasteiger partial charge is 0.462 e. The molecule has 0 saturated heterocycles. The topological polar surface area (TPSA) is 78.9 Å². The molecule has 0 aliphatic heterocycles. The zero-order chi connectivity index (χ0) is 57.8. The molecule has 0 rings (SSSR count). The summed E-state index contributed by atoms with van der Waals surface area (Å²) in [6.07, 6.45) is 87.2. The van der Waals surface area contributed by atoms with E-state index in [0.29, 0.717) is 19.3 Å². The summed E-state index contributed by atoms with van der Waals surface area (Å²) in [6.45, 7) is 6.65. The lowest BCUT2D eigenvalue weighted by Gasteiger charge is -2.18. The predicted octanol–water partition coefficient (Wildman–Crippen LogP) is 24.5. The number of ether oxygens (including phenoxy) is 3. The minimum atomic E-state index is -0.783. The molecule has 1 unspecified atom stereocenters. The lowest BCUT2D eigenvalue weighted by Crippen LogP contribution is -2.30. The molecule has 0 aromatic rings. The smallest absolute Gasteiger partial charge is 0.306 e. The summed E-state index contributed by atoms with van der Waals surface area (Å²) in [5.74, 6) is -0.877. The van der Waals surface area contributed by atoms with Crippen molar-refractivity contribution in [1.82, 2.24) is 0 Å². The van der Waals surface area contributed by atoms with Gasteiger partial charge in [0.05, 0.1) is 0 Å². The van der Waals surface area contributed by atoms with Crippen molar-refractivity contribution in [1.29, 1.82) is 0 Å². The average Bonchev–Trinajstić information content (AvgIpc) is 3.46. The van der Waals surface area contributed by atoms with E-state index in [1.807, 2.05) is 0 Å². The second-order valence-electron chi connectivity index (χ2n) is 24.1. The third kappa shape index (κ3) is 66.2. The zero-order valence-corrected chi connectivity index (χ0v) is 53.9. The maximum atomic E-state index is 12.9. The van der Waals surface area contributed by atoms with Crippen LogP contribution in [0.25, 0.3) is 0 Å². The molecule has 6 heteroatoms. The highest BCUT2D eigenvalue weighted by Crippen LogP contribution is 2.18. The maximum absolute atomic E-state index is 12.9. The van der Waals surface area contributed by atoms with Gasteiger partial charge in [0.15, 0.2) is 6.10 Å². The van der Waals surface area contributed by atoms with Gasteiger partial charge >= 0.3 is 17.9 Å². The molecular weight excluding hydrogens is 985 g/mol. The van der Waals surface area contributed by atoms with Gasteiger partial charge in [-0.3, -0.25) is 14.4 Å². The van der Waals surface area contributed by atoms with Crippen LogP contribution in [0.2, 0.25) is 0 Å². The molecule has 0 aliphatic carbocycles. The molecule has 0 amide bonds. The van der Waals surface area contributed by atoms with Crippen LogP contribution in [0.15, 0.2) is 48.6 Å². The summed E-state index contributed by atoms with van der Waals surface area (Å²) in [7, 11) is 0. The molecule has 0 saturated carbocycles. The summed E-state index contributed by atoms with van der Waals surface area (Å²) < 4.78 is 17.0. The lowest BCUT2D eigenvalue weighted by atomic mass is 10.0. The standard InChI is InChI=1S/C74H136O6/c1-4-7-10-13-16-19-22-25-27-29-31-33-34-35-36-37-38-39-40-42-43-45-47-49-52-55-58-61-64-67-73(76)79-70-71(69-78-72(75)66-63-60-57-54-51-24-21-18-15-12-9-6-3)80-74(77)68-65-62-59-56-53-50-48-46-44-41-32-30-28-26-23-20-17-14-11-8-5-2/h18,21,23,26,30,32,44,46,71H,4-17,19-20,22,24-25,27-29,31,33-43,45,47-70H2,1-3H3/b21-18-,26-23-,32-30-,46-44-. The Morgan fingerprint density at radius 2 is 0.450 bits per heavy atom. The quantitative estimate of drug-likeness (QED) is 0.0261. The molecule has 468 valence electrons. The summed E-state index contributed by atoms with van der Waals surface area (Å²) in [4.78, 5) is 38.4. The summed E-state index contributed by atoms with van der Waals surface area (Å²) >= 11 is 0. The van der Waals surface area contributed by atoms with E-state index in [4.69, 9.17) is 14.2 Å². The highest BCUT2D eigenvalue weighted by atomic mass is 16.6. The Morgan fingerprint density at radius 3 is 0.738 bits per heavy atom. The number of unbranched alkanes of at least 4 members (excludes halogenated alkanes) is 47. The van der Waals surface area contributed by atoms with Gasteiger partial charge in [-0.15, -0.1) is 0 Å². The van der Waals surface area contributed by atoms with Gasteiger partial charge in [0.25, 0.3) is 0 Å². The highest BCUT2D eigenvalue weighted by Gasteiger charge is 2.19. The molecule has 0 fully saturated rings. The second kappa shape index (κ2) is 68.9. The molecule has 0 spiro atoms. The lowest BCUT2D eigenvalue weighted by molar-refractivity contribution is -0.167. The Balaban J connectivity index is 4.19. The van der Waals surface area contributed by atoms with E-state index >= 15 is 0 Å². The molecule has 0 radical (unpaired) electrons. The number of allylic oxidation sites excluding steroid dienone is 8. The van der Waals surface area contributed by atoms with E-state index in [1.165, 1.54) is 263 Å². The molecular formula is C74H136O6. The van der Waals surface area contributed by atoms with E-state index in [-0.39, 0.29) is 31.1 Å². The zero-order valence-electron chi connectivity index (χ0n) is 53.9. The van der Waals surface area contributed by atoms with Crippen LogP contribution in [-0.4, -0.2) is 37.2 Å². The van der Waals surface area contributed by atoms with Crippen molar-refractivity contribution in [2.24, 2.45) is 0 Å². The fraction of sp³-hybridized carbons (Fsp3) is 0.851. The third-order valence-corrected chi connectivity index (χ3v) is 16.1. The van der Waals surface area contributed by atoms with Gasteiger partial charge in [-0.05, 0) is 83.5 Å². The highest BCUT2D eigenvalue weighted by molar-refractivity contribution is 5.71. The van der Waals surface area contributed by atoms with Crippen LogP contribution in [0.5, 0.6) is 0 Å². The van der Waals surface area contributed by atoms with Crippen molar-refractivity contribution in [2.45, 2.75) is 393 Å². The van der Waals surface area contributed by atoms with Crippen LogP contribution in [0.4, 0.5) is 0 Å². The van der Waals surface area contributed by atoms with Crippen molar-refractivity contribution in [2.75, 3.05) is 13.2 Å². The summed E-state index contributed by atoms with van der Waals surface area (Å²) in [5.41, 5.74) is 0. The molecule has 0 heterocycles. The van der Waals surface area contributed by atoms with Crippen LogP contribution in [0.1, 0.15) is 387 Å². The Kier molecular flexibility index (Phi) is 66.6. The fourth-order valence-corrected chi connectivity index (χ4v) is 10.7. The molecule has 1 atom stereocenters. The first-order chi connectivity index (χ1) is 39.5. The van der Waals surface area contributed by atoms with Crippen LogP contribution >= 0.6 is 0 Å². The Hall–Kier alpha value is -2.63. The Bertz CT molecular complexity index is 1380. The monoisotopic (exact) mass is 1120 g/mol. The molecule has 0 aromatic heterocycles. The number of rotatable bonds is 66. The number of hydrogen-bond acceptors (Lipinski definition) is 6. The van der Waals surface area contributed by atoms with E-state index in [9.17, 15) is 14.4 Å². The molecule has 0 N–H and O–H groups in total. The normalized spacial score (nSPS) is 12.3. The third-order valence-electron chi connectivity index (χ3n) is 16.1. The van der Waals surface area contributed by atoms with Crippen molar-refractivity contribution in [3.8, 4) is 0 Å². The molecule has 0 bridgehead atoms. The number of hydrogen-bond donors (Lipinski definition) is 0. The number of esters is 3. The van der Waals surface area contributed by atoms with Gasteiger partial charge in [0.1, 0.15) is 13.2 Å². The van der Waals surface area contributed by atoms with Gasteiger partial charge in [0.2, 0.25) is 0 Å². The molecule has 0 aliphatic rings. The SMILES string of the molecule is CCCCC/C=C\CCCCCCCC(=O)OCC(COC(=O)CCCCCCCCCCCCCCCCCCCCCCCCCCCCCCC)OC(=O)CCCCCCCC/C=C\C/C=C\C/C=C\CCCCCCC. The van der Waals surface area contributed by atoms with E-state index < -0.39 is 6.10 Å². The van der Waals surface area contributed by atoms with Crippen LogP contribution in [-0.2, 0) is 28.6 Å². The first-order valence-corrected chi connectivity index (χ1v) is 35.6. The Morgan fingerprint density at radius 1 is 0.250 bits per heavy atom. The van der Waals surface area contributed by atoms with Crippen LogP contribution < -0.4 is 0 Å². The first kappa shape index (κ1) is 77.4. The van der Waals surface area contributed by atoms with E-state index in [0.717, 1.165) is 83.5 Å². The minimum absolute atomic E-state index is 0.0775. The number of carbonyl (C=O) groups excluding carboxylic acids is 3. The van der Waals surface area contributed by atoms with Gasteiger partial charge < -0.3 is 14.2 Å². The maximum Gasteiger partial charge on any atom is 0.306 e. The Labute approximate surface area is 498 Å². The summed E-state index contributed by atoms with van der Waals surface area (Å²) in [5, 5.41) is 0. The van der Waals surface area contributed by atoms with E-state index in [2.05, 4.69) is 69.4 Å². The first-order valence-electron chi connectivity index (χ1n) is 35.6. The van der Waals surface area contributed by atoms with Crippen LogP contribution in [0, 0.1) is 0 Å². The van der Waals surface area contributed by atoms with E-state index in [1.54, 1.807) is 0 Å². The van der Waals surface area contributed by atoms with Gasteiger partial charge in [-0.1, -0.05) is 333 Å². The fourth-order valence-electron chi connectivity index (χ4n) is 10.7. The average molecular weight is 1120 g/mol. The molecule has 6 nitrogen and oxygen atoms in total. The van der Waals surface area contributed by atoms with Crippen LogP contribution in [0.3, 0.4) is 0 Å². The number of carbonyl (C=O) groups is 3. The predicted molar refractivity (Wildman–Crippen MR) is 349 cm³/mol. The van der Waals surface area contributed by atoms with Gasteiger partial charge in [0, 0.05) is 19.3 Å². The van der Waals surface area contributed by atoms with Crippen molar-refractivity contribution in [3.05, 3.63) is 48.6 Å². The van der Waals surface area contributed by atoms with Gasteiger partial charge in [-0.2, -0.15) is 0 Å². The summed E-state index contributed by atoms with van der Waals surface area (Å²) in [6, 6.07) is 0. The van der Waals surface area contributed by atoms with Crippen molar-refractivity contribution in [3.63, 3.8) is 0 Å². The second-order valence-corrected chi connectivity index (χ2v) is 24.1. The molecule has 0 aromatic carbocycles. The minimum Gasteiger partial charge on any atom is -0.462 e. The van der Waals surface area contributed by atoms with Crippen molar-refractivity contribution >= 4 is 17.9 Å². The molecule has 80 heavy (non-hydrogen) atoms.